The largest absolute Gasteiger partial charge is 0.493 e. The molecule has 1 unspecified atom stereocenters. The highest BCUT2D eigenvalue weighted by Crippen LogP contribution is 2.28. The lowest BCUT2D eigenvalue weighted by atomic mass is 10.0. The van der Waals surface area contributed by atoms with Crippen molar-refractivity contribution < 1.29 is 9.84 Å². The van der Waals surface area contributed by atoms with Gasteiger partial charge in [-0.1, -0.05) is 6.07 Å². The Morgan fingerprint density at radius 2 is 1.92 bits per heavy atom. The molecule has 0 aliphatic carbocycles. The van der Waals surface area contributed by atoms with Crippen LogP contribution in [0.1, 0.15) is 28.7 Å². The van der Waals surface area contributed by atoms with Crippen molar-refractivity contribution in [2.75, 3.05) is 44.2 Å². The van der Waals surface area contributed by atoms with Crippen LogP contribution < -0.4 is 9.64 Å². The first-order chi connectivity index (χ1) is 12.6. The molecule has 1 aromatic carbocycles. The number of hydrogen-bond donors (Lipinski definition) is 1. The van der Waals surface area contributed by atoms with Crippen molar-refractivity contribution in [3.8, 4) is 5.75 Å². The second-order valence-corrected chi connectivity index (χ2v) is 7.18. The molecule has 0 spiro atoms. The Bertz CT molecular complexity index is 767. The van der Waals surface area contributed by atoms with Crippen LogP contribution in [0.3, 0.4) is 0 Å². The molecule has 4 rings (SSSR count). The summed E-state index contributed by atoms with van der Waals surface area (Å²) in [5.41, 5.74) is 3.20. The molecule has 0 saturated carbocycles. The smallest absolute Gasteiger partial charge is 0.132 e. The Hall–Kier alpha value is -2.18. The van der Waals surface area contributed by atoms with E-state index in [0.29, 0.717) is 6.54 Å². The number of anilines is 1. The fourth-order valence-corrected chi connectivity index (χ4v) is 3.78. The van der Waals surface area contributed by atoms with Gasteiger partial charge < -0.3 is 14.7 Å². The molecule has 1 N–H and O–H groups in total. The summed E-state index contributed by atoms with van der Waals surface area (Å²) >= 11 is 0. The molecule has 6 heteroatoms. The van der Waals surface area contributed by atoms with E-state index in [2.05, 4.69) is 25.8 Å². The van der Waals surface area contributed by atoms with Gasteiger partial charge in [0.2, 0.25) is 0 Å². The van der Waals surface area contributed by atoms with Gasteiger partial charge in [-0.05, 0) is 37.1 Å². The molecule has 1 saturated heterocycles. The Morgan fingerprint density at radius 1 is 1.12 bits per heavy atom. The van der Waals surface area contributed by atoms with Gasteiger partial charge in [0.15, 0.2) is 0 Å². The van der Waals surface area contributed by atoms with Crippen LogP contribution in [0, 0.1) is 13.8 Å². The third kappa shape index (κ3) is 3.66. The van der Waals surface area contributed by atoms with Gasteiger partial charge in [0.1, 0.15) is 17.4 Å². The van der Waals surface area contributed by atoms with Crippen molar-refractivity contribution >= 4 is 5.82 Å². The van der Waals surface area contributed by atoms with E-state index < -0.39 is 6.10 Å². The Kier molecular flexibility index (Phi) is 4.78. The zero-order valence-corrected chi connectivity index (χ0v) is 15.5. The second kappa shape index (κ2) is 7.21. The molecule has 2 aliphatic heterocycles. The molecule has 1 aromatic heterocycles. The van der Waals surface area contributed by atoms with Crippen LogP contribution in [0.5, 0.6) is 5.75 Å². The van der Waals surface area contributed by atoms with Crippen LogP contribution in [0.2, 0.25) is 0 Å². The molecule has 0 amide bonds. The average molecular weight is 354 g/mol. The fraction of sp³-hybridized carbons (Fsp3) is 0.500. The summed E-state index contributed by atoms with van der Waals surface area (Å²) in [6, 6.07) is 8.11. The zero-order valence-electron chi connectivity index (χ0n) is 15.5. The third-order valence-electron chi connectivity index (χ3n) is 5.18. The van der Waals surface area contributed by atoms with Gasteiger partial charge in [-0.2, -0.15) is 0 Å². The summed E-state index contributed by atoms with van der Waals surface area (Å²) in [7, 11) is 0. The number of hydrogen-bond acceptors (Lipinski definition) is 6. The summed E-state index contributed by atoms with van der Waals surface area (Å²) in [5.74, 6) is 2.79. The number of aromatic nitrogens is 2. The van der Waals surface area contributed by atoms with Crippen molar-refractivity contribution in [1.82, 2.24) is 14.9 Å². The minimum Gasteiger partial charge on any atom is -0.493 e. The van der Waals surface area contributed by atoms with E-state index in [9.17, 15) is 5.11 Å². The maximum atomic E-state index is 10.6. The summed E-state index contributed by atoms with van der Waals surface area (Å²) in [5, 5.41) is 10.6. The van der Waals surface area contributed by atoms with Crippen molar-refractivity contribution in [3.05, 3.63) is 46.9 Å². The van der Waals surface area contributed by atoms with E-state index in [1.165, 1.54) is 5.56 Å². The van der Waals surface area contributed by atoms with Crippen LogP contribution >= 0.6 is 0 Å². The molecule has 1 atom stereocenters. The SMILES string of the molecule is Cc1cc(N2CCN(CC(O)c3ccc4c(c3)CCO4)CC2)nc(C)n1. The van der Waals surface area contributed by atoms with Crippen molar-refractivity contribution in [1.29, 1.82) is 0 Å². The van der Waals surface area contributed by atoms with E-state index in [1.54, 1.807) is 0 Å². The van der Waals surface area contributed by atoms with E-state index in [4.69, 9.17) is 4.74 Å². The van der Waals surface area contributed by atoms with E-state index in [0.717, 1.165) is 67.9 Å². The normalized spacial score (nSPS) is 18.5. The first-order valence-corrected chi connectivity index (χ1v) is 9.32. The first kappa shape index (κ1) is 17.2. The number of aliphatic hydroxyl groups is 1. The molecule has 3 heterocycles. The summed E-state index contributed by atoms with van der Waals surface area (Å²) in [6.07, 6.45) is 0.475. The highest BCUT2D eigenvalue weighted by atomic mass is 16.5. The van der Waals surface area contributed by atoms with E-state index in [-0.39, 0.29) is 0 Å². The fourth-order valence-electron chi connectivity index (χ4n) is 3.78. The van der Waals surface area contributed by atoms with Crippen LogP contribution in [0.15, 0.2) is 24.3 Å². The quantitative estimate of drug-likeness (QED) is 0.905. The predicted octanol–water partition coefficient (Wildman–Crippen LogP) is 1.88. The Labute approximate surface area is 154 Å². The van der Waals surface area contributed by atoms with Gasteiger partial charge in [0.25, 0.3) is 0 Å². The van der Waals surface area contributed by atoms with Crippen LogP contribution in [0.4, 0.5) is 5.82 Å². The van der Waals surface area contributed by atoms with Crippen molar-refractivity contribution in [2.45, 2.75) is 26.4 Å². The number of ether oxygens (including phenoxy) is 1. The topological polar surface area (TPSA) is 61.7 Å². The molecule has 0 bridgehead atoms. The number of aryl methyl sites for hydroxylation is 2. The van der Waals surface area contributed by atoms with E-state index in [1.807, 2.05) is 32.0 Å². The first-order valence-electron chi connectivity index (χ1n) is 9.32. The molecular formula is C20H26N4O2. The Morgan fingerprint density at radius 3 is 2.69 bits per heavy atom. The minimum atomic E-state index is -0.462. The summed E-state index contributed by atoms with van der Waals surface area (Å²) in [4.78, 5) is 13.5. The lowest BCUT2D eigenvalue weighted by Crippen LogP contribution is -2.47. The summed E-state index contributed by atoms with van der Waals surface area (Å²) < 4.78 is 5.55. The third-order valence-corrected chi connectivity index (χ3v) is 5.18. The van der Waals surface area contributed by atoms with Gasteiger partial charge in [-0.25, -0.2) is 9.97 Å². The monoisotopic (exact) mass is 354 g/mol. The van der Waals surface area contributed by atoms with Crippen molar-refractivity contribution in [2.24, 2.45) is 0 Å². The van der Waals surface area contributed by atoms with E-state index >= 15 is 0 Å². The van der Waals surface area contributed by atoms with Crippen molar-refractivity contribution in [3.63, 3.8) is 0 Å². The standard InChI is InChI=1S/C20H26N4O2/c1-14-11-20(22-15(2)21-14)24-8-6-23(7-9-24)13-18(25)16-3-4-19-17(12-16)5-10-26-19/h3-4,11-12,18,25H,5-10,13H2,1-2H3. The number of rotatable bonds is 4. The molecular weight excluding hydrogens is 328 g/mol. The maximum absolute atomic E-state index is 10.6. The van der Waals surface area contributed by atoms with Gasteiger partial charge in [-0.15, -0.1) is 0 Å². The zero-order chi connectivity index (χ0) is 18.1. The summed E-state index contributed by atoms with van der Waals surface area (Å²) in [6.45, 7) is 9.03. The molecule has 1 fully saturated rings. The van der Waals surface area contributed by atoms with Gasteiger partial charge in [0.05, 0.1) is 12.7 Å². The lowest BCUT2D eigenvalue weighted by molar-refractivity contribution is 0.109. The molecule has 26 heavy (non-hydrogen) atoms. The maximum Gasteiger partial charge on any atom is 0.132 e. The van der Waals surface area contributed by atoms with Gasteiger partial charge in [-0.3, -0.25) is 4.90 Å². The number of aliphatic hydroxyl groups excluding tert-OH is 1. The second-order valence-electron chi connectivity index (χ2n) is 7.18. The van der Waals surface area contributed by atoms with Crippen LogP contribution in [-0.2, 0) is 6.42 Å². The molecule has 2 aliphatic rings. The molecule has 138 valence electrons. The lowest BCUT2D eigenvalue weighted by Gasteiger charge is -2.36. The number of nitrogens with zero attached hydrogens (tertiary/aromatic N) is 4. The highest BCUT2D eigenvalue weighted by Gasteiger charge is 2.22. The average Bonchev–Trinajstić information content (AvgIpc) is 3.09. The minimum absolute atomic E-state index is 0.462. The van der Waals surface area contributed by atoms with Gasteiger partial charge in [0, 0.05) is 50.9 Å². The van der Waals surface area contributed by atoms with Crippen LogP contribution in [0.25, 0.3) is 0 Å². The van der Waals surface area contributed by atoms with Crippen LogP contribution in [-0.4, -0.2) is 59.3 Å². The number of piperazine rings is 1. The number of benzene rings is 1. The molecule has 0 radical (unpaired) electrons. The number of β-amino-alcohol motifs (C(OH)–C–C–N with tert-alkyl or cyclic N) is 1. The number of fused-ring (bicyclic) bond motifs is 1. The van der Waals surface area contributed by atoms with Gasteiger partial charge >= 0.3 is 0 Å². The predicted molar refractivity (Wildman–Crippen MR) is 101 cm³/mol. The molecule has 2 aromatic rings. The Balaban J connectivity index is 1.35. The molecule has 6 nitrogen and oxygen atoms in total. The highest BCUT2D eigenvalue weighted by molar-refractivity contribution is 5.41.